The molecule has 4 nitrogen and oxygen atoms in total. The van der Waals surface area contributed by atoms with Gasteiger partial charge in [0.15, 0.2) is 0 Å². The number of hydrazone groups is 1. The first-order valence-electron chi connectivity index (χ1n) is 9.40. The van der Waals surface area contributed by atoms with E-state index in [2.05, 4.69) is 22.4 Å². The molecule has 1 N–H and O–H groups in total. The normalized spacial score (nSPS) is 11.5. The van der Waals surface area contributed by atoms with Gasteiger partial charge in [0.25, 0.3) is 0 Å². The Labute approximate surface area is 175 Å². The lowest BCUT2D eigenvalue weighted by Gasteiger charge is -2.07. The summed E-state index contributed by atoms with van der Waals surface area (Å²) >= 11 is 7.46. The van der Waals surface area contributed by atoms with Crippen molar-refractivity contribution < 1.29 is 4.74 Å². The van der Waals surface area contributed by atoms with Crippen LogP contribution in [0.2, 0.25) is 5.02 Å². The van der Waals surface area contributed by atoms with Crippen molar-refractivity contribution in [3.8, 4) is 17.0 Å². The highest BCUT2D eigenvalue weighted by atomic mass is 35.5. The van der Waals surface area contributed by atoms with Crippen LogP contribution >= 0.6 is 22.9 Å². The van der Waals surface area contributed by atoms with Crippen LogP contribution in [0.15, 0.2) is 59.0 Å². The first kappa shape index (κ1) is 20.4. The van der Waals surface area contributed by atoms with E-state index in [1.807, 2.05) is 60.8 Å². The molecule has 0 aliphatic carbocycles. The minimum Gasteiger partial charge on any atom is -0.494 e. The second-order valence-electron chi connectivity index (χ2n) is 6.43. The summed E-state index contributed by atoms with van der Waals surface area (Å²) in [6.45, 7) is 4.93. The van der Waals surface area contributed by atoms with E-state index in [9.17, 15) is 0 Å². The number of aromatic nitrogens is 1. The van der Waals surface area contributed by atoms with E-state index in [1.54, 1.807) is 0 Å². The lowest BCUT2D eigenvalue weighted by molar-refractivity contribution is 0.306. The molecule has 3 rings (SSSR count). The number of thiazole rings is 1. The number of rotatable bonds is 9. The van der Waals surface area contributed by atoms with E-state index in [-0.39, 0.29) is 0 Å². The predicted octanol–water partition coefficient (Wildman–Crippen LogP) is 6.87. The molecule has 0 radical (unpaired) electrons. The standard InChI is InChI=1S/C22H24ClN3OS/c1-3-4-5-14-27-20-12-8-17(9-13-20)16(2)25-26-22-24-21(15-28-22)18-6-10-19(23)11-7-18/h6-13,15H,3-5,14H2,1-2H3,(H,24,26). The third-order valence-electron chi connectivity index (χ3n) is 4.25. The maximum atomic E-state index is 5.94. The van der Waals surface area contributed by atoms with Crippen LogP contribution in [0.5, 0.6) is 5.75 Å². The molecule has 3 aromatic rings. The SMILES string of the molecule is CCCCCOc1ccc(C(C)=NNc2nc(-c3ccc(Cl)cc3)cs2)cc1. The highest BCUT2D eigenvalue weighted by Gasteiger charge is 2.05. The van der Waals surface area contributed by atoms with Gasteiger partial charge in [0.2, 0.25) is 5.13 Å². The summed E-state index contributed by atoms with van der Waals surface area (Å²) in [6, 6.07) is 15.7. The summed E-state index contributed by atoms with van der Waals surface area (Å²) in [5.74, 6) is 0.896. The Kier molecular flexibility index (Phi) is 7.46. The lowest BCUT2D eigenvalue weighted by atomic mass is 10.1. The summed E-state index contributed by atoms with van der Waals surface area (Å²) in [5, 5.41) is 7.92. The van der Waals surface area contributed by atoms with Gasteiger partial charge in [-0.2, -0.15) is 5.10 Å². The zero-order valence-corrected chi connectivity index (χ0v) is 17.7. The number of benzene rings is 2. The molecule has 1 aromatic heterocycles. The molecule has 28 heavy (non-hydrogen) atoms. The van der Waals surface area contributed by atoms with Crippen molar-refractivity contribution in [1.29, 1.82) is 0 Å². The van der Waals surface area contributed by atoms with Gasteiger partial charge >= 0.3 is 0 Å². The first-order chi connectivity index (χ1) is 13.7. The van der Waals surface area contributed by atoms with E-state index in [1.165, 1.54) is 24.2 Å². The molecule has 0 atom stereocenters. The van der Waals surface area contributed by atoms with Crippen LogP contribution in [0.25, 0.3) is 11.3 Å². The molecule has 0 unspecified atom stereocenters. The van der Waals surface area contributed by atoms with Gasteiger partial charge in [0.05, 0.1) is 18.0 Å². The smallest absolute Gasteiger partial charge is 0.203 e. The predicted molar refractivity (Wildman–Crippen MR) is 120 cm³/mol. The van der Waals surface area contributed by atoms with Gasteiger partial charge in [0, 0.05) is 16.0 Å². The molecule has 146 valence electrons. The van der Waals surface area contributed by atoms with E-state index in [0.717, 1.165) is 51.5 Å². The Bertz CT molecular complexity index is 904. The Balaban J connectivity index is 1.57. The van der Waals surface area contributed by atoms with Crippen molar-refractivity contribution >= 4 is 33.8 Å². The van der Waals surface area contributed by atoms with Gasteiger partial charge in [-0.3, -0.25) is 5.43 Å². The average molecular weight is 414 g/mol. The van der Waals surface area contributed by atoms with Crippen LogP contribution in [0, 0.1) is 0 Å². The van der Waals surface area contributed by atoms with Gasteiger partial charge in [-0.15, -0.1) is 11.3 Å². The Morgan fingerprint density at radius 1 is 1.11 bits per heavy atom. The molecule has 0 bridgehead atoms. The van der Waals surface area contributed by atoms with E-state index >= 15 is 0 Å². The molecule has 0 aliphatic heterocycles. The molecule has 2 aromatic carbocycles. The van der Waals surface area contributed by atoms with E-state index < -0.39 is 0 Å². The van der Waals surface area contributed by atoms with Crippen LogP contribution < -0.4 is 10.2 Å². The van der Waals surface area contributed by atoms with E-state index in [4.69, 9.17) is 16.3 Å². The number of halogens is 1. The second kappa shape index (κ2) is 10.2. The fourth-order valence-electron chi connectivity index (χ4n) is 2.61. The summed E-state index contributed by atoms with van der Waals surface area (Å²) in [4.78, 5) is 4.58. The van der Waals surface area contributed by atoms with Crippen LogP contribution in [0.3, 0.4) is 0 Å². The Morgan fingerprint density at radius 2 is 1.86 bits per heavy atom. The quantitative estimate of drug-likeness (QED) is 0.236. The fraction of sp³-hybridized carbons (Fsp3) is 0.273. The number of nitrogens with zero attached hydrogens (tertiary/aromatic N) is 2. The van der Waals surface area contributed by atoms with Gasteiger partial charge in [0.1, 0.15) is 5.75 Å². The molecule has 0 saturated heterocycles. The fourth-order valence-corrected chi connectivity index (χ4v) is 3.40. The molecule has 0 saturated carbocycles. The molecule has 0 fully saturated rings. The van der Waals surface area contributed by atoms with Crippen LogP contribution in [0.4, 0.5) is 5.13 Å². The maximum absolute atomic E-state index is 5.94. The molecule has 1 heterocycles. The van der Waals surface area contributed by atoms with Crippen molar-refractivity contribution in [3.63, 3.8) is 0 Å². The molecule has 0 amide bonds. The molecular weight excluding hydrogens is 390 g/mol. The summed E-state index contributed by atoms with van der Waals surface area (Å²) < 4.78 is 5.75. The topological polar surface area (TPSA) is 46.5 Å². The largest absolute Gasteiger partial charge is 0.494 e. The number of unbranched alkanes of at least 4 members (excludes halogenated alkanes) is 2. The van der Waals surface area contributed by atoms with Crippen molar-refractivity contribution in [2.75, 3.05) is 12.0 Å². The molecule has 0 spiro atoms. The third kappa shape index (κ3) is 5.81. The van der Waals surface area contributed by atoms with Gasteiger partial charge in [-0.05, 0) is 55.3 Å². The van der Waals surface area contributed by atoms with Crippen molar-refractivity contribution in [2.24, 2.45) is 5.10 Å². The third-order valence-corrected chi connectivity index (χ3v) is 5.25. The van der Waals surface area contributed by atoms with Gasteiger partial charge in [-0.25, -0.2) is 4.98 Å². The van der Waals surface area contributed by atoms with E-state index in [0.29, 0.717) is 0 Å². The number of nitrogens with one attached hydrogen (secondary N) is 1. The number of hydrogen-bond acceptors (Lipinski definition) is 5. The summed E-state index contributed by atoms with van der Waals surface area (Å²) in [5.41, 5.74) is 6.92. The Morgan fingerprint density at radius 3 is 2.57 bits per heavy atom. The second-order valence-corrected chi connectivity index (χ2v) is 7.73. The maximum Gasteiger partial charge on any atom is 0.203 e. The average Bonchev–Trinajstić information content (AvgIpc) is 3.19. The van der Waals surface area contributed by atoms with Crippen LogP contribution in [0.1, 0.15) is 38.7 Å². The molecular formula is C22H24ClN3OS. The van der Waals surface area contributed by atoms with Crippen LogP contribution in [-0.4, -0.2) is 17.3 Å². The number of ether oxygens (including phenoxy) is 1. The van der Waals surface area contributed by atoms with Gasteiger partial charge in [-0.1, -0.05) is 43.5 Å². The lowest BCUT2D eigenvalue weighted by Crippen LogP contribution is -2.01. The highest BCUT2D eigenvalue weighted by molar-refractivity contribution is 7.14. The molecule has 6 heteroatoms. The minimum absolute atomic E-state index is 0.718. The number of hydrogen-bond donors (Lipinski definition) is 1. The minimum atomic E-state index is 0.718. The first-order valence-corrected chi connectivity index (χ1v) is 10.7. The highest BCUT2D eigenvalue weighted by Crippen LogP contribution is 2.26. The van der Waals surface area contributed by atoms with Crippen molar-refractivity contribution in [2.45, 2.75) is 33.1 Å². The summed E-state index contributed by atoms with van der Waals surface area (Å²) in [6.07, 6.45) is 3.49. The zero-order chi connectivity index (χ0) is 19.8. The van der Waals surface area contributed by atoms with Crippen molar-refractivity contribution in [1.82, 2.24) is 4.98 Å². The Hall–Kier alpha value is -2.37. The monoisotopic (exact) mass is 413 g/mol. The van der Waals surface area contributed by atoms with Gasteiger partial charge < -0.3 is 4.74 Å². The number of anilines is 1. The summed E-state index contributed by atoms with van der Waals surface area (Å²) in [7, 11) is 0. The van der Waals surface area contributed by atoms with Crippen molar-refractivity contribution in [3.05, 3.63) is 64.5 Å². The molecule has 0 aliphatic rings. The van der Waals surface area contributed by atoms with Crippen LogP contribution in [-0.2, 0) is 0 Å². The zero-order valence-electron chi connectivity index (χ0n) is 16.1.